The Labute approximate surface area is 94.5 Å². The minimum absolute atomic E-state index is 0.124. The van der Waals surface area contributed by atoms with Gasteiger partial charge in [-0.3, -0.25) is 0 Å². The molecule has 0 saturated carbocycles. The first kappa shape index (κ1) is 11.4. The van der Waals surface area contributed by atoms with E-state index in [2.05, 4.69) is 0 Å². The van der Waals surface area contributed by atoms with Gasteiger partial charge < -0.3 is 5.73 Å². The van der Waals surface area contributed by atoms with E-state index in [4.69, 9.17) is 5.73 Å². The molecule has 0 aliphatic heterocycles. The Kier molecular flexibility index (Phi) is 2.75. The lowest BCUT2D eigenvalue weighted by molar-refractivity contribution is 0.508. The third-order valence-corrected chi connectivity index (χ3v) is 2.29. The molecule has 0 fully saturated rings. The van der Waals surface area contributed by atoms with Crippen LogP contribution in [-0.4, -0.2) is 0 Å². The summed E-state index contributed by atoms with van der Waals surface area (Å²) in [4.78, 5) is 0. The Bertz CT molecular complexity index is 558. The first-order valence-corrected chi connectivity index (χ1v) is 4.69. The van der Waals surface area contributed by atoms with Crippen LogP contribution in [0.25, 0.3) is 11.1 Å². The van der Waals surface area contributed by atoms with Crippen LogP contribution < -0.4 is 5.73 Å². The zero-order chi connectivity index (χ0) is 12.6. The lowest BCUT2D eigenvalue weighted by Gasteiger charge is -2.07. The molecule has 17 heavy (non-hydrogen) atoms. The number of benzene rings is 2. The second-order valence-corrected chi connectivity index (χ2v) is 3.46. The molecular weight excluding hydrogens is 234 g/mol. The summed E-state index contributed by atoms with van der Waals surface area (Å²) in [6.07, 6.45) is 0. The van der Waals surface area contributed by atoms with Crippen LogP contribution in [0.2, 0.25) is 0 Å². The molecule has 0 spiro atoms. The maximum Gasteiger partial charge on any atom is 0.166 e. The predicted octanol–water partition coefficient (Wildman–Crippen LogP) is 3.49. The van der Waals surface area contributed by atoms with E-state index < -0.39 is 34.4 Å². The summed E-state index contributed by atoms with van der Waals surface area (Å²) in [5.74, 6) is -4.54. The van der Waals surface area contributed by atoms with Gasteiger partial charge in [-0.2, -0.15) is 0 Å². The van der Waals surface area contributed by atoms with E-state index in [1.807, 2.05) is 0 Å². The second-order valence-electron chi connectivity index (χ2n) is 3.46. The second kappa shape index (κ2) is 4.08. The Balaban J connectivity index is 2.73. The predicted molar refractivity (Wildman–Crippen MR) is 56.1 cm³/mol. The van der Waals surface area contributed by atoms with E-state index >= 15 is 0 Å². The minimum atomic E-state index is -1.30. The zero-order valence-corrected chi connectivity index (χ0v) is 8.48. The average molecular weight is 241 g/mol. The zero-order valence-electron chi connectivity index (χ0n) is 8.48. The van der Waals surface area contributed by atoms with Crippen molar-refractivity contribution in [3.8, 4) is 11.1 Å². The van der Waals surface area contributed by atoms with Crippen molar-refractivity contribution in [3.05, 3.63) is 53.6 Å². The average Bonchev–Trinajstić information content (AvgIpc) is 2.23. The molecule has 1 nitrogen and oxygen atoms in total. The molecular formula is C12H7F4N. The molecule has 0 saturated heterocycles. The van der Waals surface area contributed by atoms with Crippen molar-refractivity contribution < 1.29 is 17.6 Å². The Morgan fingerprint density at radius 3 is 2.00 bits per heavy atom. The number of rotatable bonds is 1. The van der Waals surface area contributed by atoms with Crippen molar-refractivity contribution in [1.29, 1.82) is 0 Å². The quantitative estimate of drug-likeness (QED) is 0.600. The van der Waals surface area contributed by atoms with Crippen molar-refractivity contribution in [1.82, 2.24) is 0 Å². The van der Waals surface area contributed by atoms with Gasteiger partial charge in [0.05, 0.1) is 5.56 Å². The van der Waals surface area contributed by atoms with Crippen LogP contribution in [0.15, 0.2) is 30.3 Å². The van der Waals surface area contributed by atoms with Gasteiger partial charge >= 0.3 is 0 Å². The third-order valence-electron chi connectivity index (χ3n) is 2.29. The third kappa shape index (κ3) is 1.95. The molecule has 0 atom stereocenters. The highest BCUT2D eigenvalue weighted by atomic mass is 19.2. The summed E-state index contributed by atoms with van der Waals surface area (Å²) in [5.41, 5.74) is 4.00. The van der Waals surface area contributed by atoms with E-state index in [-0.39, 0.29) is 5.69 Å². The van der Waals surface area contributed by atoms with Gasteiger partial charge in [0.25, 0.3) is 0 Å². The van der Waals surface area contributed by atoms with Gasteiger partial charge in [0, 0.05) is 11.3 Å². The van der Waals surface area contributed by atoms with Crippen LogP contribution in [0, 0.1) is 23.3 Å². The number of nitrogens with two attached hydrogens (primary N) is 1. The molecule has 0 heterocycles. The molecule has 88 valence electrons. The number of anilines is 1. The maximum absolute atomic E-state index is 13.5. The summed E-state index contributed by atoms with van der Waals surface area (Å²) in [7, 11) is 0. The first-order valence-electron chi connectivity index (χ1n) is 4.69. The van der Waals surface area contributed by atoms with Crippen LogP contribution in [-0.2, 0) is 0 Å². The van der Waals surface area contributed by atoms with Crippen molar-refractivity contribution >= 4 is 5.69 Å². The largest absolute Gasteiger partial charge is 0.399 e. The van der Waals surface area contributed by atoms with Gasteiger partial charge in [0.15, 0.2) is 11.6 Å². The minimum Gasteiger partial charge on any atom is -0.399 e. The van der Waals surface area contributed by atoms with Gasteiger partial charge in [0.2, 0.25) is 0 Å². The Hall–Kier alpha value is -2.04. The Morgan fingerprint density at radius 1 is 0.824 bits per heavy atom. The molecule has 0 aliphatic carbocycles. The van der Waals surface area contributed by atoms with Crippen molar-refractivity contribution in [2.45, 2.75) is 0 Å². The van der Waals surface area contributed by atoms with Crippen LogP contribution in [0.3, 0.4) is 0 Å². The standard InChI is InChI=1S/C12H7F4N/c13-8-3-1-2-7(12(8)16)11-9(14)4-6(17)5-10(11)15/h1-5H,17H2. The smallest absolute Gasteiger partial charge is 0.166 e. The van der Waals surface area contributed by atoms with E-state index in [9.17, 15) is 17.6 Å². The monoisotopic (exact) mass is 241 g/mol. The van der Waals surface area contributed by atoms with Gasteiger partial charge in [-0.1, -0.05) is 12.1 Å². The molecule has 2 aromatic carbocycles. The molecule has 0 radical (unpaired) electrons. The Morgan fingerprint density at radius 2 is 1.41 bits per heavy atom. The molecule has 2 aromatic rings. The molecule has 2 rings (SSSR count). The van der Waals surface area contributed by atoms with Crippen molar-refractivity contribution in [3.63, 3.8) is 0 Å². The van der Waals surface area contributed by atoms with E-state index in [1.165, 1.54) is 6.07 Å². The van der Waals surface area contributed by atoms with Crippen LogP contribution in [0.4, 0.5) is 23.2 Å². The molecule has 2 N–H and O–H groups in total. The fourth-order valence-electron chi connectivity index (χ4n) is 1.55. The maximum atomic E-state index is 13.5. The fraction of sp³-hybridized carbons (Fsp3) is 0. The van der Waals surface area contributed by atoms with Gasteiger partial charge in [-0.25, -0.2) is 17.6 Å². The number of hydrogen-bond acceptors (Lipinski definition) is 1. The molecule has 0 aliphatic rings. The summed E-state index contributed by atoms with van der Waals surface area (Å²) >= 11 is 0. The lowest BCUT2D eigenvalue weighted by Crippen LogP contribution is -1.97. The first-order chi connectivity index (χ1) is 8.00. The van der Waals surface area contributed by atoms with Crippen LogP contribution in [0.5, 0.6) is 0 Å². The normalized spacial score (nSPS) is 10.6. The summed E-state index contributed by atoms with van der Waals surface area (Å²) in [6, 6.07) is 4.83. The van der Waals surface area contributed by atoms with Crippen LogP contribution in [0.1, 0.15) is 0 Å². The number of halogens is 4. The summed E-state index contributed by atoms with van der Waals surface area (Å²) in [6.45, 7) is 0. The van der Waals surface area contributed by atoms with Crippen molar-refractivity contribution in [2.24, 2.45) is 0 Å². The summed E-state index contributed by atoms with van der Waals surface area (Å²) < 4.78 is 53.4. The van der Waals surface area contributed by atoms with Gasteiger partial charge in [0.1, 0.15) is 11.6 Å². The lowest BCUT2D eigenvalue weighted by atomic mass is 10.0. The van der Waals surface area contributed by atoms with E-state index in [1.54, 1.807) is 0 Å². The SMILES string of the molecule is Nc1cc(F)c(-c2cccc(F)c2F)c(F)c1. The fourth-order valence-corrected chi connectivity index (χ4v) is 1.55. The topological polar surface area (TPSA) is 26.0 Å². The van der Waals surface area contributed by atoms with Crippen LogP contribution >= 0.6 is 0 Å². The number of hydrogen-bond donors (Lipinski definition) is 1. The molecule has 0 amide bonds. The van der Waals surface area contributed by atoms with E-state index in [0.29, 0.717) is 0 Å². The molecule has 0 unspecified atom stereocenters. The van der Waals surface area contributed by atoms with Crippen molar-refractivity contribution in [2.75, 3.05) is 5.73 Å². The highest BCUT2D eigenvalue weighted by Gasteiger charge is 2.18. The molecule has 0 aromatic heterocycles. The van der Waals surface area contributed by atoms with Gasteiger partial charge in [-0.15, -0.1) is 0 Å². The highest BCUT2D eigenvalue weighted by Crippen LogP contribution is 2.30. The molecule has 0 bridgehead atoms. The van der Waals surface area contributed by atoms with E-state index in [0.717, 1.165) is 24.3 Å². The van der Waals surface area contributed by atoms with Gasteiger partial charge in [-0.05, 0) is 18.2 Å². The highest BCUT2D eigenvalue weighted by molar-refractivity contribution is 5.67. The number of nitrogen functional groups attached to an aromatic ring is 1. The summed E-state index contributed by atoms with van der Waals surface area (Å²) in [5, 5.41) is 0. The molecule has 5 heteroatoms.